The molecule has 2 aromatic carbocycles. The van der Waals surface area contributed by atoms with Gasteiger partial charge in [0.05, 0.1) is 0 Å². The Morgan fingerprint density at radius 3 is 2.19 bits per heavy atom. The maximum absolute atomic E-state index is 9.38. The minimum absolute atomic E-state index is 0.209. The fourth-order valence-corrected chi connectivity index (χ4v) is 1.71. The van der Waals surface area contributed by atoms with E-state index in [1.807, 2.05) is 30.3 Å². The van der Waals surface area contributed by atoms with Gasteiger partial charge in [0.1, 0.15) is 17.2 Å². The molecule has 2 aromatic rings. The summed E-state index contributed by atoms with van der Waals surface area (Å²) >= 11 is 0. The van der Waals surface area contributed by atoms with Crippen molar-refractivity contribution in [3.63, 3.8) is 0 Å². The van der Waals surface area contributed by atoms with Crippen LogP contribution in [-0.4, -0.2) is 12.2 Å². The van der Waals surface area contributed by atoms with Crippen LogP contribution in [0.5, 0.6) is 17.2 Å². The summed E-state index contributed by atoms with van der Waals surface area (Å²) in [5.41, 5.74) is 0.802. The van der Waals surface area contributed by atoms with Crippen molar-refractivity contribution in [2.75, 3.05) is 0 Å². The lowest BCUT2D eigenvalue weighted by Crippen LogP contribution is -2.38. The Labute approximate surface area is 93.4 Å². The van der Waals surface area contributed by atoms with Gasteiger partial charge in [0, 0.05) is 5.46 Å². The molecule has 4 heteroatoms. The molecule has 0 saturated heterocycles. The number of phenolic OH excluding ortho intramolecular Hbond substituents is 1. The van der Waals surface area contributed by atoms with Crippen LogP contribution in [-0.2, 0) is 0 Å². The van der Waals surface area contributed by atoms with E-state index in [1.165, 1.54) is 0 Å². The van der Waals surface area contributed by atoms with E-state index in [2.05, 4.69) is 0 Å². The van der Waals surface area contributed by atoms with Crippen LogP contribution in [0.4, 0.5) is 0 Å². The highest BCUT2D eigenvalue weighted by Gasteiger charge is 2.33. The van der Waals surface area contributed by atoms with Gasteiger partial charge in [-0.25, -0.2) is 0 Å². The zero-order chi connectivity index (χ0) is 11.0. The van der Waals surface area contributed by atoms with E-state index in [0.29, 0.717) is 0 Å². The lowest BCUT2D eigenvalue weighted by molar-refractivity contribution is 0.474. The molecule has 0 amide bonds. The van der Waals surface area contributed by atoms with E-state index in [0.717, 1.165) is 17.0 Å². The topological polar surface area (TPSA) is 38.7 Å². The van der Waals surface area contributed by atoms with E-state index < -0.39 is 7.12 Å². The van der Waals surface area contributed by atoms with E-state index in [-0.39, 0.29) is 5.75 Å². The van der Waals surface area contributed by atoms with Crippen LogP contribution in [0.15, 0.2) is 48.5 Å². The quantitative estimate of drug-likeness (QED) is 0.729. The number of phenols is 1. The fourth-order valence-electron chi connectivity index (χ4n) is 1.71. The van der Waals surface area contributed by atoms with Crippen molar-refractivity contribution in [3.8, 4) is 17.2 Å². The molecule has 78 valence electrons. The molecule has 0 saturated carbocycles. The normalized spacial score (nSPS) is 12.9. The van der Waals surface area contributed by atoms with E-state index in [9.17, 15) is 5.11 Å². The first-order valence-corrected chi connectivity index (χ1v) is 5.04. The zero-order valence-electron chi connectivity index (χ0n) is 8.46. The SMILES string of the molecule is Oc1cccc(B2Oc3ccccc3O2)c1. The molecule has 3 rings (SSSR count). The monoisotopic (exact) mass is 212 g/mol. The summed E-state index contributed by atoms with van der Waals surface area (Å²) < 4.78 is 11.2. The molecule has 0 aliphatic carbocycles. The molecule has 1 aliphatic heterocycles. The van der Waals surface area contributed by atoms with Crippen LogP contribution >= 0.6 is 0 Å². The molecule has 0 bridgehead atoms. The van der Waals surface area contributed by atoms with Crippen molar-refractivity contribution in [1.29, 1.82) is 0 Å². The van der Waals surface area contributed by atoms with Gasteiger partial charge in [-0.2, -0.15) is 0 Å². The summed E-state index contributed by atoms with van der Waals surface area (Å²) in [6, 6.07) is 14.4. The first-order chi connectivity index (χ1) is 7.83. The summed E-state index contributed by atoms with van der Waals surface area (Å²) in [5, 5.41) is 9.38. The first kappa shape index (κ1) is 9.15. The lowest BCUT2D eigenvalue weighted by atomic mass is 9.79. The maximum atomic E-state index is 9.38. The summed E-state index contributed by atoms with van der Waals surface area (Å²) in [7, 11) is -0.468. The molecule has 3 nitrogen and oxygen atoms in total. The van der Waals surface area contributed by atoms with Gasteiger partial charge in [0.15, 0.2) is 0 Å². The third kappa shape index (κ3) is 1.48. The van der Waals surface area contributed by atoms with Crippen LogP contribution < -0.4 is 14.8 Å². The minimum Gasteiger partial charge on any atom is -0.519 e. The molecule has 0 fully saturated rings. The second-order valence-electron chi connectivity index (χ2n) is 3.61. The van der Waals surface area contributed by atoms with Crippen molar-refractivity contribution in [2.24, 2.45) is 0 Å². The molecule has 1 aliphatic rings. The Morgan fingerprint density at radius 1 is 0.875 bits per heavy atom. The van der Waals surface area contributed by atoms with Crippen LogP contribution in [0.3, 0.4) is 0 Å². The van der Waals surface area contributed by atoms with Gasteiger partial charge in [0.2, 0.25) is 0 Å². The van der Waals surface area contributed by atoms with Crippen molar-refractivity contribution in [1.82, 2.24) is 0 Å². The summed E-state index contributed by atoms with van der Waals surface area (Å²) in [6.07, 6.45) is 0. The van der Waals surface area contributed by atoms with Crippen molar-refractivity contribution in [3.05, 3.63) is 48.5 Å². The third-order valence-corrected chi connectivity index (χ3v) is 2.46. The van der Waals surface area contributed by atoms with Gasteiger partial charge in [-0.3, -0.25) is 0 Å². The summed E-state index contributed by atoms with van der Waals surface area (Å²) in [5.74, 6) is 1.67. The molecule has 0 aromatic heterocycles. The maximum Gasteiger partial charge on any atom is 0.632 e. The summed E-state index contributed by atoms with van der Waals surface area (Å²) in [6.45, 7) is 0. The van der Waals surface area contributed by atoms with Gasteiger partial charge in [-0.1, -0.05) is 24.3 Å². The minimum atomic E-state index is -0.468. The van der Waals surface area contributed by atoms with Crippen molar-refractivity contribution >= 4 is 12.6 Å². The third-order valence-electron chi connectivity index (χ3n) is 2.46. The highest BCUT2D eigenvalue weighted by Crippen LogP contribution is 2.32. The second kappa shape index (κ2) is 3.49. The average molecular weight is 212 g/mol. The van der Waals surface area contributed by atoms with Crippen LogP contribution in [0.2, 0.25) is 0 Å². The Morgan fingerprint density at radius 2 is 1.56 bits per heavy atom. The lowest BCUT2D eigenvalue weighted by Gasteiger charge is -2.04. The summed E-state index contributed by atoms with van der Waals surface area (Å²) in [4.78, 5) is 0. The molecule has 0 radical (unpaired) electrons. The first-order valence-electron chi connectivity index (χ1n) is 5.04. The Balaban J connectivity index is 1.91. The molecule has 0 atom stereocenters. The molecule has 1 N–H and O–H groups in total. The van der Waals surface area contributed by atoms with E-state index in [1.54, 1.807) is 18.2 Å². The Bertz CT molecular complexity index is 502. The average Bonchev–Trinajstić information content (AvgIpc) is 2.72. The Hall–Kier alpha value is -2.10. The standard InChI is InChI=1S/C12H9BO3/c14-10-5-3-4-9(8-10)13-15-11-6-1-2-7-12(11)16-13/h1-8,14H. The molecule has 1 heterocycles. The number of fused-ring (bicyclic) bond motifs is 1. The second-order valence-corrected chi connectivity index (χ2v) is 3.61. The molecular weight excluding hydrogens is 203 g/mol. The van der Waals surface area contributed by atoms with Gasteiger partial charge in [-0.15, -0.1) is 0 Å². The van der Waals surface area contributed by atoms with Crippen molar-refractivity contribution < 1.29 is 14.4 Å². The van der Waals surface area contributed by atoms with E-state index in [4.69, 9.17) is 9.31 Å². The van der Waals surface area contributed by atoms with Gasteiger partial charge < -0.3 is 14.4 Å². The number of para-hydroxylation sites is 2. The smallest absolute Gasteiger partial charge is 0.519 e. The number of aromatic hydroxyl groups is 1. The van der Waals surface area contributed by atoms with Crippen LogP contribution in [0, 0.1) is 0 Å². The van der Waals surface area contributed by atoms with Gasteiger partial charge >= 0.3 is 7.12 Å². The van der Waals surface area contributed by atoms with Gasteiger partial charge in [-0.05, 0) is 24.3 Å². The largest absolute Gasteiger partial charge is 0.632 e. The highest BCUT2D eigenvalue weighted by atomic mass is 16.6. The Kier molecular flexibility index (Phi) is 1.99. The molecule has 0 unspecified atom stereocenters. The highest BCUT2D eigenvalue weighted by molar-refractivity contribution is 6.63. The molecule has 0 spiro atoms. The number of hydrogen-bond acceptors (Lipinski definition) is 3. The predicted molar refractivity (Wildman–Crippen MR) is 61.2 cm³/mol. The number of hydrogen-bond donors (Lipinski definition) is 1. The van der Waals surface area contributed by atoms with Crippen molar-refractivity contribution in [2.45, 2.75) is 0 Å². The zero-order valence-corrected chi connectivity index (χ0v) is 8.46. The van der Waals surface area contributed by atoms with E-state index >= 15 is 0 Å². The fraction of sp³-hybridized carbons (Fsp3) is 0. The van der Waals surface area contributed by atoms with Gasteiger partial charge in [0.25, 0.3) is 0 Å². The van der Waals surface area contributed by atoms with Crippen LogP contribution in [0.1, 0.15) is 0 Å². The predicted octanol–water partition coefficient (Wildman–Crippen LogP) is 1.56. The molecule has 16 heavy (non-hydrogen) atoms. The van der Waals surface area contributed by atoms with Crippen LogP contribution in [0.25, 0.3) is 0 Å². The number of rotatable bonds is 1. The number of benzene rings is 2. The molecular formula is C12H9BO3.